The van der Waals surface area contributed by atoms with Gasteiger partial charge in [0.05, 0.1) is 28.2 Å². The Morgan fingerprint density at radius 1 is 1.30 bits per heavy atom. The van der Waals surface area contributed by atoms with Crippen LogP contribution in [-0.4, -0.2) is 15.1 Å². The van der Waals surface area contributed by atoms with E-state index in [9.17, 15) is 0 Å². The van der Waals surface area contributed by atoms with E-state index in [1.54, 1.807) is 18.4 Å². The highest BCUT2D eigenvalue weighted by Crippen LogP contribution is 2.31. The standard InChI is InChI=1S/C15H19BrN2OS/c16-14-7-6-13-10-17-11-18(13)15(14)19-20-9-8-12-4-2-1-3-5-12/h6-7,10-12H,1-5,8-9H2. The maximum absolute atomic E-state index is 5.89. The summed E-state index contributed by atoms with van der Waals surface area (Å²) in [5, 5.41) is 0. The molecule has 1 saturated carbocycles. The number of hydrogen-bond donors (Lipinski definition) is 0. The van der Waals surface area contributed by atoms with Crippen LogP contribution in [0.2, 0.25) is 0 Å². The predicted molar refractivity (Wildman–Crippen MR) is 87.2 cm³/mol. The Kier molecular flexibility index (Phi) is 4.89. The topological polar surface area (TPSA) is 26.5 Å². The van der Waals surface area contributed by atoms with E-state index >= 15 is 0 Å². The van der Waals surface area contributed by atoms with E-state index in [2.05, 4.69) is 20.9 Å². The number of halogens is 1. The molecule has 3 rings (SSSR count). The minimum absolute atomic E-state index is 0.827. The summed E-state index contributed by atoms with van der Waals surface area (Å²) in [7, 11) is 0. The van der Waals surface area contributed by atoms with Gasteiger partial charge in [0.25, 0.3) is 0 Å². The summed E-state index contributed by atoms with van der Waals surface area (Å²) in [5.41, 5.74) is 1.05. The molecule has 0 bridgehead atoms. The fourth-order valence-electron chi connectivity index (χ4n) is 2.81. The fraction of sp³-hybridized carbons (Fsp3) is 0.533. The van der Waals surface area contributed by atoms with Crippen molar-refractivity contribution in [2.45, 2.75) is 38.5 Å². The van der Waals surface area contributed by atoms with Crippen LogP contribution < -0.4 is 4.18 Å². The average Bonchev–Trinajstić information content (AvgIpc) is 2.95. The normalized spacial score (nSPS) is 16.6. The number of aromatic nitrogens is 2. The molecule has 2 heterocycles. The molecule has 0 N–H and O–H groups in total. The first-order valence-corrected chi connectivity index (χ1v) is 8.95. The van der Waals surface area contributed by atoms with Crippen LogP contribution in [0, 0.1) is 5.92 Å². The molecular weight excluding hydrogens is 336 g/mol. The van der Waals surface area contributed by atoms with E-state index in [0.29, 0.717) is 0 Å². The second-order valence-corrected chi connectivity index (χ2v) is 7.04. The molecule has 2 aromatic heterocycles. The zero-order chi connectivity index (χ0) is 13.8. The van der Waals surface area contributed by atoms with Gasteiger partial charge in [-0.25, -0.2) is 4.98 Å². The summed E-state index contributed by atoms with van der Waals surface area (Å²) in [6.07, 6.45) is 12.0. The Bertz CT molecular complexity index is 566. The van der Waals surface area contributed by atoms with E-state index in [-0.39, 0.29) is 0 Å². The van der Waals surface area contributed by atoms with Gasteiger partial charge in [-0.15, -0.1) is 0 Å². The monoisotopic (exact) mass is 354 g/mol. The molecule has 0 aliphatic heterocycles. The molecule has 0 radical (unpaired) electrons. The summed E-state index contributed by atoms with van der Waals surface area (Å²) < 4.78 is 8.83. The number of nitrogens with zero attached hydrogens (tertiary/aromatic N) is 2. The van der Waals surface area contributed by atoms with Crippen LogP contribution in [0.15, 0.2) is 29.1 Å². The second-order valence-electron chi connectivity index (χ2n) is 5.37. The molecule has 1 aliphatic rings. The lowest BCUT2D eigenvalue weighted by molar-refractivity contribution is 0.351. The minimum atomic E-state index is 0.827. The van der Waals surface area contributed by atoms with Crippen molar-refractivity contribution in [1.29, 1.82) is 0 Å². The molecule has 0 aromatic carbocycles. The van der Waals surface area contributed by atoms with Crippen molar-refractivity contribution in [2.24, 2.45) is 5.92 Å². The molecule has 108 valence electrons. The SMILES string of the molecule is Brc1ccc2cncn2c1OSCCC1CCCCC1. The van der Waals surface area contributed by atoms with Crippen LogP contribution >= 0.6 is 28.0 Å². The Labute approximate surface area is 132 Å². The van der Waals surface area contributed by atoms with Crippen molar-refractivity contribution in [3.05, 3.63) is 29.1 Å². The van der Waals surface area contributed by atoms with Gasteiger partial charge >= 0.3 is 0 Å². The lowest BCUT2D eigenvalue weighted by Crippen LogP contribution is -2.07. The Morgan fingerprint density at radius 2 is 2.15 bits per heavy atom. The molecule has 0 spiro atoms. The summed E-state index contributed by atoms with van der Waals surface area (Å²) in [5.74, 6) is 2.79. The third-order valence-electron chi connectivity index (χ3n) is 3.96. The molecule has 5 heteroatoms. The molecular formula is C15H19BrN2OS. The lowest BCUT2D eigenvalue weighted by atomic mass is 9.88. The average molecular weight is 355 g/mol. The van der Waals surface area contributed by atoms with E-state index in [0.717, 1.165) is 27.5 Å². The largest absolute Gasteiger partial charge is 0.406 e. The van der Waals surface area contributed by atoms with E-state index in [4.69, 9.17) is 4.18 Å². The zero-order valence-corrected chi connectivity index (χ0v) is 13.8. The van der Waals surface area contributed by atoms with Crippen LogP contribution in [0.1, 0.15) is 38.5 Å². The maximum atomic E-state index is 5.89. The molecule has 0 saturated heterocycles. The van der Waals surface area contributed by atoms with Crippen molar-refractivity contribution in [3.8, 4) is 5.88 Å². The quantitative estimate of drug-likeness (QED) is 0.552. The fourth-order valence-corrected chi connectivity index (χ4v) is 4.12. The van der Waals surface area contributed by atoms with E-state index < -0.39 is 0 Å². The van der Waals surface area contributed by atoms with Crippen molar-refractivity contribution < 1.29 is 4.18 Å². The van der Waals surface area contributed by atoms with Crippen molar-refractivity contribution >= 4 is 33.5 Å². The zero-order valence-electron chi connectivity index (χ0n) is 11.4. The highest BCUT2D eigenvalue weighted by molar-refractivity contribution is 9.10. The smallest absolute Gasteiger partial charge is 0.228 e. The summed E-state index contributed by atoms with van der Waals surface area (Å²) in [4.78, 5) is 4.16. The Morgan fingerprint density at radius 3 is 3.00 bits per heavy atom. The maximum Gasteiger partial charge on any atom is 0.228 e. The molecule has 1 aliphatic carbocycles. The Hall–Kier alpha value is -0.680. The molecule has 1 fully saturated rings. The van der Waals surface area contributed by atoms with Crippen LogP contribution in [0.25, 0.3) is 5.52 Å². The van der Waals surface area contributed by atoms with Gasteiger partial charge in [0.15, 0.2) is 0 Å². The number of hydrogen-bond acceptors (Lipinski definition) is 3. The van der Waals surface area contributed by atoms with Gasteiger partial charge in [0.1, 0.15) is 6.33 Å². The van der Waals surface area contributed by atoms with Crippen LogP contribution in [-0.2, 0) is 0 Å². The molecule has 0 atom stereocenters. The number of imidazole rings is 1. The Balaban J connectivity index is 1.54. The summed E-state index contributed by atoms with van der Waals surface area (Å²) in [6, 6.07) is 4.03. The van der Waals surface area contributed by atoms with Crippen molar-refractivity contribution in [2.75, 3.05) is 5.75 Å². The highest BCUT2D eigenvalue weighted by atomic mass is 79.9. The van der Waals surface area contributed by atoms with Gasteiger partial charge in [-0.2, -0.15) is 0 Å². The molecule has 0 amide bonds. The third-order valence-corrected chi connectivity index (χ3v) is 5.24. The number of fused-ring (bicyclic) bond motifs is 1. The summed E-state index contributed by atoms with van der Waals surface area (Å²) >= 11 is 5.10. The first kappa shape index (κ1) is 14.3. The first-order valence-electron chi connectivity index (χ1n) is 7.24. The van der Waals surface area contributed by atoms with E-state index in [1.165, 1.54) is 38.5 Å². The number of rotatable bonds is 5. The van der Waals surface area contributed by atoms with Crippen LogP contribution in [0.5, 0.6) is 5.88 Å². The van der Waals surface area contributed by atoms with Gasteiger partial charge < -0.3 is 4.18 Å². The van der Waals surface area contributed by atoms with Gasteiger partial charge in [0, 0.05) is 5.75 Å². The third kappa shape index (κ3) is 3.31. The molecule has 3 nitrogen and oxygen atoms in total. The van der Waals surface area contributed by atoms with Crippen molar-refractivity contribution in [1.82, 2.24) is 9.38 Å². The first-order chi connectivity index (χ1) is 9.84. The predicted octanol–water partition coefficient (Wildman–Crippen LogP) is 5.09. The minimum Gasteiger partial charge on any atom is -0.406 e. The van der Waals surface area contributed by atoms with Gasteiger partial charge in [-0.05, 0) is 40.4 Å². The lowest BCUT2D eigenvalue weighted by Gasteiger charge is -2.20. The van der Waals surface area contributed by atoms with Gasteiger partial charge in [0.2, 0.25) is 5.88 Å². The number of pyridine rings is 1. The van der Waals surface area contributed by atoms with E-state index in [1.807, 2.05) is 22.7 Å². The van der Waals surface area contributed by atoms with Crippen molar-refractivity contribution in [3.63, 3.8) is 0 Å². The second kappa shape index (κ2) is 6.85. The van der Waals surface area contributed by atoms with Gasteiger partial charge in [-0.3, -0.25) is 4.40 Å². The van der Waals surface area contributed by atoms with Crippen LogP contribution in [0.4, 0.5) is 0 Å². The van der Waals surface area contributed by atoms with Crippen LogP contribution in [0.3, 0.4) is 0 Å². The highest BCUT2D eigenvalue weighted by Gasteiger charge is 2.14. The molecule has 20 heavy (non-hydrogen) atoms. The molecule has 2 aromatic rings. The molecule has 0 unspecified atom stereocenters. The summed E-state index contributed by atoms with van der Waals surface area (Å²) in [6.45, 7) is 0. The van der Waals surface area contributed by atoms with Gasteiger partial charge in [-0.1, -0.05) is 32.1 Å².